The van der Waals surface area contributed by atoms with Crippen LogP contribution < -0.4 is 5.73 Å². The summed E-state index contributed by atoms with van der Waals surface area (Å²) in [5, 5.41) is 1.22. The zero-order valence-electron chi connectivity index (χ0n) is 7.99. The van der Waals surface area contributed by atoms with Gasteiger partial charge in [-0.3, -0.25) is 0 Å². The molecule has 0 radical (unpaired) electrons. The molecule has 3 N–H and O–H groups in total. The maximum Gasteiger partial charge on any atom is 0.0717 e. The molecule has 1 aromatic carbocycles. The highest BCUT2D eigenvalue weighted by Gasteiger charge is 1.96. The fraction of sp³-hybridized carbons (Fsp3) is 0.273. The standard InChI is InChI=1S/C11H14N2O/c12-4-6-14-8-9-1-2-11-10(7-9)3-5-13-11/h1-3,5,7,13H,4,6,8,12H2. The second kappa shape index (κ2) is 4.26. The number of rotatable bonds is 4. The average Bonchev–Trinajstić information content (AvgIpc) is 2.65. The summed E-state index contributed by atoms with van der Waals surface area (Å²) in [6.45, 7) is 1.83. The normalized spacial score (nSPS) is 10.9. The lowest BCUT2D eigenvalue weighted by Gasteiger charge is -2.02. The van der Waals surface area contributed by atoms with Gasteiger partial charge in [0.1, 0.15) is 0 Å². The summed E-state index contributed by atoms with van der Waals surface area (Å²) in [5.74, 6) is 0. The number of benzene rings is 1. The van der Waals surface area contributed by atoms with E-state index in [0.29, 0.717) is 19.8 Å². The second-order valence-electron chi connectivity index (χ2n) is 3.24. The summed E-state index contributed by atoms with van der Waals surface area (Å²) < 4.78 is 5.36. The Morgan fingerprint density at radius 2 is 2.21 bits per heavy atom. The van der Waals surface area contributed by atoms with Crippen LogP contribution in [-0.2, 0) is 11.3 Å². The van der Waals surface area contributed by atoms with Crippen molar-refractivity contribution in [3.05, 3.63) is 36.0 Å². The number of aromatic nitrogens is 1. The number of aromatic amines is 1. The van der Waals surface area contributed by atoms with Gasteiger partial charge in [-0.1, -0.05) is 6.07 Å². The third-order valence-corrected chi connectivity index (χ3v) is 2.15. The first-order valence-electron chi connectivity index (χ1n) is 4.74. The number of H-pyrrole nitrogens is 1. The first-order chi connectivity index (χ1) is 6.90. The van der Waals surface area contributed by atoms with E-state index < -0.39 is 0 Å². The van der Waals surface area contributed by atoms with Crippen LogP contribution in [0.2, 0.25) is 0 Å². The van der Waals surface area contributed by atoms with Gasteiger partial charge in [-0.15, -0.1) is 0 Å². The van der Waals surface area contributed by atoms with Gasteiger partial charge in [0, 0.05) is 18.3 Å². The monoisotopic (exact) mass is 190 g/mol. The van der Waals surface area contributed by atoms with E-state index in [9.17, 15) is 0 Å². The van der Waals surface area contributed by atoms with Gasteiger partial charge < -0.3 is 15.5 Å². The molecule has 0 aliphatic carbocycles. The molecule has 0 atom stereocenters. The van der Waals surface area contributed by atoms with Crippen LogP contribution in [0.1, 0.15) is 5.56 Å². The van der Waals surface area contributed by atoms with Crippen LogP contribution in [-0.4, -0.2) is 18.1 Å². The molecule has 0 saturated carbocycles. The quantitative estimate of drug-likeness (QED) is 0.720. The van der Waals surface area contributed by atoms with E-state index in [1.165, 1.54) is 10.9 Å². The van der Waals surface area contributed by atoms with Crippen molar-refractivity contribution in [2.24, 2.45) is 5.73 Å². The molecule has 2 aromatic rings. The molecule has 74 valence electrons. The predicted molar refractivity (Wildman–Crippen MR) is 57.0 cm³/mol. The molecule has 0 bridgehead atoms. The fourth-order valence-corrected chi connectivity index (χ4v) is 1.47. The van der Waals surface area contributed by atoms with Gasteiger partial charge in [-0.05, 0) is 29.1 Å². The summed E-state index contributed by atoms with van der Waals surface area (Å²) >= 11 is 0. The van der Waals surface area contributed by atoms with Crippen LogP contribution >= 0.6 is 0 Å². The minimum Gasteiger partial charge on any atom is -0.375 e. The molecular formula is C11H14N2O. The third-order valence-electron chi connectivity index (χ3n) is 2.15. The first kappa shape index (κ1) is 9.24. The van der Waals surface area contributed by atoms with E-state index in [0.717, 1.165) is 5.52 Å². The molecule has 0 unspecified atom stereocenters. The van der Waals surface area contributed by atoms with Crippen molar-refractivity contribution in [3.63, 3.8) is 0 Å². The molecule has 0 saturated heterocycles. The van der Waals surface area contributed by atoms with Crippen molar-refractivity contribution in [3.8, 4) is 0 Å². The van der Waals surface area contributed by atoms with E-state index in [2.05, 4.69) is 29.2 Å². The molecule has 1 heterocycles. The summed E-state index contributed by atoms with van der Waals surface area (Å²) in [6.07, 6.45) is 1.94. The molecule has 14 heavy (non-hydrogen) atoms. The van der Waals surface area contributed by atoms with Crippen molar-refractivity contribution in [2.45, 2.75) is 6.61 Å². The van der Waals surface area contributed by atoms with Crippen molar-refractivity contribution in [2.75, 3.05) is 13.2 Å². The Bertz CT molecular complexity index is 408. The van der Waals surface area contributed by atoms with Crippen LogP contribution in [0.4, 0.5) is 0 Å². The SMILES string of the molecule is NCCOCc1ccc2[nH]ccc2c1. The Morgan fingerprint density at radius 3 is 3.07 bits per heavy atom. The molecule has 0 spiro atoms. The highest BCUT2D eigenvalue weighted by atomic mass is 16.5. The Balaban J connectivity index is 2.10. The fourth-order valence-electron chi connectivity index (χ4n) is 1.47. The summed E-state index contributed by atoms with van der Waals surface area (Å²) in [6, 6.07) is 8.32. The molecule has 3 nitrogen and oxygen atoms in total. The van der Waals surface area contributed by atoms with Gasteiger partial charge in [-0.25, -0.2) is 0 Å². The number of ether oxygens (including phenoxy) is 1. The highest BCUT2D eigenvalue weighted by molar-refractivity contribution is 5.79. The van der Waals surface area contributed by atoms with E-state index in [1.807, 2.05) is 6.20 Å². The summed E-state index contributed by atoms with van der Waals surface area (Å²) in [5.41, 5.74) is 7.68. The Labute approximate surface area is 82.9 Å². The van der Waals surface area contributed by atoms with Gasteiger partial charge in [0.2, 0.25) is 0 Å². The van der Waals surface area contributed by atoms with Gasteiger partial charge in [-0.2, -0.15) is 0 Å². The van der Waals surface area contributed by atoms with Crippen molar-refractivity contribution in [1.29, 1.82) is 0 Å². The molecule has 0 aliphatic rings. The Morgan fingerprint density at radius 1 is 1.29 bits per heavy atom. The molecule has 2 rings (SSSR count). The van der Waals surface area contributed by atoms with Crippen LogP contribution in [0.5, 0.6) is 0 Å². The average molecular weight is 190 g/mol. The predicted octanol–water partition coefficient (Wildman–Crippen LogP) is 1.64. The minimum atomic E-state index is 0.576. The highest BCUT2D eigenvalue weighted by Crippen LogP contribution is 2.14. The lowest BCUT2D eigenvalue weighted by Crippen LogP contribution is -2.07. The van der Waals surface area contributed by atoms with E-state index in [4.69, 9.17) is 10.5 Å². The maximum absolute atomic E-state index is 5.36. The third kappa shape index (κ3) is 1.95. The molecule has 0 amide bonds. The van der Waals surface area contributed by atoms with Crippen LogP contribution in [0.3, 0.4) is 0 Å². The van der Waals surface area contributed by atoms with Crippen LogP contribution in [0.15, 0.2) is 30.5 Å². The number of hydrogen-bond donors (Lipinski definition) is 2. The Hall–Kier alpha value is -1.32. The van der Waals surface area contributed by atoms with Crippen molar-refractivity contribution in [1.82, 2.24) is 4.98 Å². The smallest absolute Gasteiger partial charge is 0.0717 e. The minimum absolute atomic E-state index is 0.576. The molecule has 0 aliphatic heterocycles. The van der Waals surface area contributed by atoms with E-state index in [1.54, 1.807) is 0 Å². The molecule has 1 aromatic heterocycles. The maximum atomic E-state index is 5.36. The first-order valence-corrected chi connectivity index (χ1v) is 4.74. The van der Waals surface area contributed by atoms with Crippen molar-refractivity contribution >= 4 is 10.9 Å². The van der Waals surface area contributed by atoms with Crippen LogP contribution in [0.25, 0.3) is 10.9 Å². The number of hydrogen-bond acceptors (Lipinski definition) is 2. The van der Waals surface area contributed by atoms with Gasteiger partial charge in [0.15, 0.2) is 0 Å². The van der Waals surface area contributed by atoms with Gasteiger partial charge in [0.25, 0.3) is 0 Å². The van der Waals surface area contributed by atoms with Gasteiger partial charge in [0.05, 0.1) is 13.2 Å². The summed E-state index contributed by atoms with van der Waals surface area (Å²) in [4.78, 5) is 3.15. The lowest BCUT2D eigenvalue weighted by atomic mass is 10.2. The van der Waals surface area contributed by atoms with Crippen molar-refractivity contribution < 1.29 is 4.74 Å². The Kier molecular flexibility index (Phi) is 2.81. The van der Waals surface area contributed by atoms with Gasteiger partial charge >= 0.3 is 0 Å². The lowest BCUT2D eigenvalue weighted by molar-refractivity contribution is 0.128. The molecular weight excluding hydrogens is 176 g/mol. The molecule has 3 heteroatoms. The van der Waals surface area contributed by atoms with Crippen LogP contribution in [0, 0.1) is 0 Å². The number of fused-ring (bicyclic) bond motifs is 1. The topological polar surface area (TPSA) is 51.0 Å². The molecule has 0 fully saturated rings. The zero-order chi connectivity index (χ0) is 9.80. The summed E-state index contributed by atoms with van der Waals surface area (Å²) in [7, 11) is 0. The van der Waals surface area contributed by atoms with E-state index in [-0.39, 0.29) is 0 Å². The largest absolute Gasteiger partial charge is 0.375 e. The zero-order valence-corrected chi connectivity index (χ0v) is 7.99. The second-order valence-corrected chi connectivity index (χ2v) is 3.24. The van der Waals surface area contributed by atoms with E-state index >= 15 is 0 Å². The number of nitrogens with two attached hydrogens (primary N) is 1. The number of nitrogens with one attached hydrogen (secondary N) is 1.